The van der Waals surface area contributed by atoms with Crippen molar-refractivity contribution < 1.29 is 19.2 Å². The lowest BCUT2D eigenvalue weighted by molar-refractivity contribution is -0.384. The van der Waals surface area contributed by atoms with Crippen LogP contribution in [0.3, 0.4) is 0 Å². The number of anilines is 2. The number of nitrogens with one attached hydrogen (secondary N) is 1. The van der Waals surface area contributed by atoms with Gasteiger partial charge in [-0.15, -0.1) is 0 Å². The third-order valence-corrected chi connectivity index (χ3v) is 4.00. The molecule has 0 amide bonds. The average Bonchev–Trinajstić information content (AvgIpc) is 2.66. The first-order chi connectivity index (χ1) is 12.9. The van der Waals surface area contributed by atoms with Crippen molar-refractivity contribution in [2.75, 3.05) is 31.9 Å². The molecule has 0 spiro atoms. The summed E-state index contributed by atoms with van der Waals surface area (Å²) >= 11 is 1.31. The number of methoxy groups -OCH3 is 1. The minimum absolute atomic E-state index is 0.0403. The summed E-state index contributed by atoms with van der Waals surface area (Å²) in [5.74, 6) is -0.323. The summed E-state index contributed by atoms with van der Waals surface area (Å²) in [7, 11) is 1.58. The number of carbonyl (C=O) groups is 1. The van der Waals surface area contributed by atoms with Gasteiger partial charge >= 0.3 is 5.97 Å². The van der Waals surface area contributed by atoms with Crippen molar-refractivity contribution >= 4 is 34.9 Å². The van der Waals surface area contributed by atoms with Gasteiger partial charge in [-0.2, -0.15) is 0 Å². The Morgan fingerprint density at radius 3 is 2.85 bits per heavy atom. The minimum atomic E-state index is -0.585. The summed E-state index contributed by atoms with van der Waals surface area (Å²) in [6, 6.07) is 5.92. The molecule has 2 aromatic rings. The van der Waals surface area contributed by atoms with Gasteiger partial charge in [-0.25, -0.2) is 14.8 Å². The predicted octanol–water partition coefficient (Wildman–Crippen LogP) is 3.29. The molecule has 10 heteroatoms. The number of benzene rings is 1. The number of nitro benzene ring substituents is 1. The van der Waals surface area contributed by atoms with Gasteiger partial charge in [0.05, 0.1) is 18.1 Å². The molecule has 2 rings (SSSR count). The number of esters is 1. The van der Waals surface area contributed by atoms with Gasteiger partial charge < -0.3 is 14.8 Å². The lowest BCUT2D eigenvalue weighted by atomic mass is 10.2. The Labute approximate surface area is 160 Å². The molecular weight excluding hydrogens is 372 g/mol. The van der Waals surface area contributed by atoms with Crippen molar-refractivity contribution in [2.45, 2.75) is 12.1 Å². The Balaban J connectivity index is 2.25. The molecule has 1 aromatic heterocycles. The van der Waals surface area contributed by atoms with E-state index in [1.54, 1.807) is 25.5 Å². The van der Waals surface area contributed by atoms with Crippen LogP contribution >= 0.6 is 11.8 Å². The van der Waals surface area contributed by atoms with Crippen molar-refractivity contribution in [2.24, 2.45) is 5.92 Å². The van der Waals surface area contributed by atoms with Crippen LogP contribution in [0.1, 0.15) is 17.3 Å². The van der Waals surface area contributed by atoms with E-state index in [0.717, 1.165) is 0 Å². The lowest BCUT2D eigenvalue weighted by Gasteiger charge is -2.13. The van der Waals surface area contributed by atoms with Crippen molar-refractivity contribution in [1.29, 1.82) is 0 Å². The first-order valence-electron chi connectivity index (χ1n) is 8.03. The number of ether oxygens (including phenoxy) is 2. The van der Waals surface area contributed by atoms with Crippen LogP contribution in [-0.4, -0.2) is 47.4 Å². The van der Waals surface area contributed by atoms with Gasteiger partial charge in [0.2, 0.25) is 0 Å². The second-order valence-electron chi connectivity index (χ2n) is 5.71. The summed E-state index contributed by atoms with van der Waals surface area (Å²) in [6.07, 6.45) is 3.18. The molecule has 0 bridgehead atoms. The maximum atomic E-state index is 12.4. The second kappa shape index (κ2) is 9.83. The van der Waals surface area contributed by atoms with E-state index >= 15 is 0 Å². The summed E-state index contributed by atoms with van der Waals surface area (Å²) in [4.78, 5) is 31.3. The van der Waals surface area contributed by atoms with Gasteiger partial charge in [0.25, 0.3) is 5.69 Å². The van der Waals surface area contributed by atoms with Gasteiger partial charge in [-0.3, -0.25) is 10.1 Å². The van der Waals surface area contributed by atoms with E-state index in [4.69, 9.17) is 9.47 Å². The molecule has 1 unspecified atom stereocenters. The summed E-state index contributed by atoms with van der Waals surface area (Å²) < 4.78 is 10.3. The van der Waals surface area contributed by atoms with Crippen LogP contribution in [0, 0.1) is 16.0 Å². The van der Waals surface area contributed by atoms with Crippen LogP contribution in [0.15, 0.2) is 35.6 Å². The first kappa shape index (κ1) is 20.6. The van der Waals surface area contributed by atoms with Gasteiger partial charge in [-0.05, 0) is 12.3 Å². The van der Waals surface area contributed by atoms with Crippen LogP contribution in [-0.2, 0) is 9.47 Å². The highest BCUT2D eigenvalue weighted by Gasteiger charge is 2.18. The number of hydrogen-bond donors (Lipinski definition) is 1. The molecule has 1 N–H and O–H groups in total. The van der Waals surface area contributed by atoms with Crippen molar-refractivity contribution in [1.82, 2.24) is 9.97 Å². The molecule has 0 aliphatic carbocycles. The molecular formula is C17H20N4O5S. The summed E-state index contributed by atoms with van der Waals surface area (Å²) in [5.41, 5.74) is 0.498. The van der Waals surface area contributed by atoms with Gasteiger partial charge in [0.15, 0.2) is 5.16 Å². The van der Waals surface area contributed by atoms with E-state index < -0.39 is 10.9 Å². The maximum absolute atomic E-state index is 12.4. The topological polar surface area (TPSA) is 116 Å². The molecule has 1 aromatic carbocycles. The third kappa shape index (κ3) is 5.90. The zero-order valence-corrected chi connectivity index (χ0v) is 16.0. The van der Waals surface area contributed by atoms with Gasteiger partial charge in [0.1, 0.15) is 11.4 Å². The highest BCUT2D eigenvalue weighted by Crippen LogP contribution is 2.24. The third-order valence-electron chi connectivity index (χ3n) is 3.44. The molecule has 0 radical (unpaired) electrons. The highest BCUT2D eigenvalue weighted by molar-refractivity contribution is 7.98. The van der Waals surface area contributed by atoms with Gasteiger partial charge in [0, 0.05) is 37.0 Å². The van der Waals surface area contributed by atoms with E-state index in [0.29, 0.717) is 17.5 Å². The average molecular weight is 392 g/mol. The van der Waals surface area contributed by atoms with Crippen LogP contribution < -0.4 is 5.32 Å². The maximum Gasteiger partial charge on any atom is 0.343 e. The number of non-ortho nitro benzene ring substituents is 1. The summed E-state index contributed by atoms with van der Waals surface area (Å²) in [6.45, 7) is 2.55. The quantitative estimate of drug-likeness (QED) is 0.225. The van der Waals surface area contributed by atoms with Crippen LogP contribution in [0.25, 0.3) is 0 Å². The highest BCUT2D eigenvalue weighted by atomic mass is 32.2. The Hall–Kier alpha value is -2.72. The molecule has 1 atom stereocenters. The Morgan fingerprint density at radius 2 is 2.19 bits per heavy atom. The number of carbonyl (C=O) groups excluding carboxylic acids is 1. The van der Waals surface area contributed by atoms with E-state index in [-0.39, 0.29) is 29.6 Å². The fourth-order valence-electron chi connectivity index (χ4n) is 2.17. The molecule has 1 heterocycles. The molecule has 144 valence electrons. The van der Waals surface area contributed by atoms with E-state index in [2.05, 4.69) is 15.3 Å². The number of hydrogen-bond acceptors (Lipinski definition) is 9. The van der Waals surface area contributed by atoms with Crippen molar-refractivity contribution in [3.05, 3.63) is 46.1 Å². The zero-order chi connectivity index (χ0) is 19.8. The molecule has 27 heavy (non-hydrogen) atoms. The van der Waals surface area contributed by atoms with Crippen LogP contribution in [0.5, 0.6) is 0 Å². The Morgan fingerprint density at radius 1 is 1.41 bits per heavy atom. The smallest absolute Gasteiger partial charge is 0.343 e. The van der Waals surface area contributed by atoms with Crippen LogP contribution in [0.4, 0.5) is 17.2 Å². The number of thioether (sulfide) groups is 1. The second-order valence-corrected chi connectivity index (χ2v) is 6.48. The SMILES string of the molecule is COCC(C)COC(=O)c1cnc(SC)nc1Nc1cccc([N+](=O)[O-])c1. The lowest BCUT2D eigenvalue weighted by Crippen LogP contribution is -2.17. The molecule has 0 fully saturated rings. The summed E-state index contributed by atoms with van der Waals surface area (Å²) in [5, 5.41) is 14.3. The van der Waals surface area contributed by atoms with Gasteiger partial charge in [-0.1, -0.05) is 24.8 Å². The largest absolute Gasteiger partial charge is 0.462 e. The van der Waals surface area contributed by atoms with E-state index in [1.165, 1.54) is 30.1 Å². The molecule has 0 aliphatic rings. The van der Waals surface area contributed by atoms with Crippen LogP contribution in [0.2, 0.25) is 0 Å². The zero-order valence-electron chi connectivity index (χ0n) is 15.2. The minimum Gasteiger partial charge on any atom is -0.462 e. The molecule has 0 saturated heterocycles. The van der Waals surface area contributed by atoms with E-state index in [1.807, 2.05) is 6.92 Å². The first-order valence-corrected chi connectivity index (χ1v) is 9.25. The standard InChI is InChI=1S/C17H20N4O5S/c1-11(9-25-2)10-26-16(22)14-8-18-17(27-3)20-15(14)19-12-5-4-6-13(7-12)21(23)24/h4-8,11H,9-10H2,1-3H3,(H,18,19,20). The Kier molecular flexibility index (Phi) is 7.50. The predicted molar refractivity (Wildman–Crippen MR) is 102 cm³/mol. The number of nitro groups is 1. The van der Waals surface area contributed by atoms with Crippen molar-refractivity contribution in [3.63, 3.8) is 0 Å². The number of aromatic nitrogens is 2. The van der Waals surface area contributed by atoms with Crippen molar-refractivity contribution in [3.8, 4) is 0 Å². The van der Waals surface area contributed by atoms with E-state index in [9.17, 15) is 14.9 Å². The fourth-order valence-corrected chi connectivity index (χ4v) is 2.51. The molecule has 9 nitrogen and oxygen atoms in total. The number of rotatable bonds is 9. The molecule has 0 aliphatic heterocycles. The number of nitrogens with zero attached hydrogens (tertiary/aromatic N) is 3. The Bertz CT molecular complexity index is 818. The monoisotopic (exact) mass is 392 g/mol. The fraction of sp³-hybridized carbons (Fsp3) is 0.353. The normalized spacial score (nSPS) is 11.7. The molecule has 0 saturated carbocycles.